The van der Waals surface area contributed by atoms with Gasteiger partial charge in [0, 0.05) is 24.1 Å². The summed E-state index contributed by atoms with van der Waals surface area (Å²) < 4.78 is 7.23. The number of thioether (sulfide) groups is 1. The van der Waals surface area contributed by atoms with Crippen molar-refractivity contribution in [1.29, 1.82) is 0 Å². The molecule has 182 valence electrons. The number of amides is 1. The van der Waals surface area contributed by atoms with Crippen molar-refractivity contribution in [3.8, 4) is 11.4 Å². The molecular weight excluding hydrogens is 468 g/mol. The Morgan fingerprint density at radius 1 is 0.972 bits per heavy atom. The molecule has 7 heteroatoms. The molecule has 3 aliphatic rings. The van der Waals surface area contributed by atoms with Crippen molar-refractivity contribution >= 4 is 17.7 Å². The monoisotopic (exact) mass is 496 g/mol. The number of aromatic nitrogens is 3. The van der Waals surface area contributed by atoms with Gasteiger partial charge >= 0.3 is 0 Å². The normalized spacial score (nSPS) is 19.4. The number of carbonyl (C=O) groups is 1. The lowest BCUT2D eigenvalue weighted by Crippen LogP contribution is -2.39. The van der Waals surface area contributed by atoms with Gasteiger partial charge in [0.25, 0.3) is 0 Å². The van der Waals surface area contributed by atoms with E-state index in [9.17, 15) is 4.79 Å². The second-order valence-electron chi connectivity index (χ2n) is 9.44. The fourth-order valence-corrected chi connectivity index (χ4v) is 6.68. The molecule has 1 N–H and O–H groups in total. The van der Waals surface area contributed by atoms with Gasteiger partial charge in [-0.2, -0.15) is 0 Å². The maximum atomic E-state index is 12.9. The van der Waals surface area contributed by atoms with E-state index in [0.717, 1.165) is 23.7 Å². The highest BCUT2D eigenvalue weighted by Gasteiger charge is 2.42. The highest BCUT2D eigenvalue weighted by Crippen LogP contribution is 2.55. The number of ether oxygens (including phenoxy) is 1. The molecule has 4 aromatic rings. The zero-order chi connectivity index (χ0) is 24.6. The van der Waals surface area contributed by atoms with Crippen LogP contribution in [0.3, 0.4) is 0 Å². The quantitative estimate of drug-likeness (QED) is 0.361. The molecule has 0 spiro atoms. The van der Waals surface area contributed by atoms with Crippen molar-refractivity contribution in [3.63, 3.8) is 0 Å². The van der Waals surface area contributed by atoms with Crippen LogP contribution in [0.2, 0.25) is 0 Å². The number of nitrogens with one attached hydrogen (secondary N) is 1. The summed E-state index contributed by atoms with van der Waals surface area (Å²) in [5, 5.41) is 12.5. The molecule has 0 saturated heterocycles. The molecule has 1 amide bonds. The summed E-state index contributed by atoms with van der Waals surface area (Å²) in [7, 11) is 1.65. The highest BCUT2D eigenvalue weighted by atomic mass is 32.2. The summed E-state index contributed by atoms with van der Waals surface area (Å²) in [5.41, 5.74) is 6.69. The fourth-order valence-electron chi connectivity index (χ4n) is 5.85. The lowest BCUT2D eigenvalue weighted by atomic mass is 9.59. The summed E-state index contributed by atoms with van der Waals surface area (Å²) in [6.45, 7) is 2.59. The first-order valence-corrected chi connectivity index (χ1v) is 13.3. The maximum Gasteiger partial charge on any atom is 0.230 e. The lowest BCUT2D eigenvalue weighted by Gasteiger charge is -2.45. The van der Waals surface area contributed by atoms with E-state index >= 15 is 0 Å². The standard InChI is InChI=1S/C29H28N4O2S/c1-18-31-32-29(33(18)20-11-13-21(35-2)14-12-20)36-17-27(34)30-16-19-15-26-22-7-3-5-9-24(22)28(19)25-10-6-4-8-23(25)26/h3-14,19,26,28H,15-17H2,1-2H3,(H,30,34). The van der Waals surface area contributed by atoms with Crippen LogP contribution >= 0.6 is 11.8 Å². The largest absolute Gasteiger partial charge is 0.497 e. The van der Waals surface area contributed by atoms with Crippen LogP contribution in [0, 0.1) is 12.8 Å². The van der Waals surface area contributed by atoms with Crippen LogP contribution in [0.1, 0.15) is 46.3 Å². The van der Waals surface area contributed by atoms with Gasteiger partial charge in [0.2, 0.25) is 5.91 Å². The van der Waals surface area contributed by atoms with Crippen molar-refractivity contribution in [1.82, 2.24) is 20.1 Å². The van der Waals surface area contributed by atoms with Crippen LogP contribution in [-0.4, -0.2) is 40.1 Å². The molecule has 7 rings (SSSR count). The number of methoxy groups -OCH3 is 1. The molecule has 1 heterocycles. The average Bonchev–Trinajstić information content (AvgIpc) is 3.31. The van der Waals surface area contributed by atoms with Gasteiger partial charge in [0.15, 0.2) is 5.16 Å². The van der Waals surface area contributed by atoms with Crippen molar-refractivity contribution in [3.05, 3.63) is 101 Å². The van der Waals surface area contributed by atoms with Crippen molar-refractivity contribution < 1.29 is 9.53 Å². The molecule has 1 unspecified atom stereocenters. The molecule has 0 saturated carbocycles. The van der Waals surface area contributed by atoms with E-state index in [4.69, 9.17) is 4.74 Å². The molecule has 1 aromatic heterocycles. The first-order valence-electron chi connectivity index (χ1n) is 12.3. The van der Waals surface area contributed by atoms with Crippen LogP contribution in [0.4, 0.5) is 0 Å². The van der Waals surface area contributed by atoms with Gasteiger partial charge in [-0.05, 0) is 65.8 Å². The summed E-state index contributed by atoms with van der Waals surface area (Å²) in [6, 6.07) is 25.4. The van der Waals surface area contributed by atoms with Gasteiger partial charge in [-0.15, -0.1) is 10.2 Å². The highest BCUT2D eigenvalue weighted by molar-refractivity contribution is 7.99. The first kappa shape index (κ1) is 22.9. The Labute approximate surface area is 215 Å². The van der Waals surface area contributed by atoms with E-state index in [1.807, 2.05) is 35.8 Å². The van der Waals surface area contributed by atoms with Crippen LogP contribution in [0.5, 0.6) is 5.75 Å². The Bertz CT molecular complexity index is 1370. The maximum absolute atomic E-state index is 12.9. The molecule has 36 heavy (non-hydrogen) atoms. The van der Waals surface area contributed by atoms with Crippen molar-refractivity contribution in [2.45, 2.75) is 30.3 Å². The predicted molar refractivity (Wildman–Crippen MR) is 141 cm³/mol. The first-order chi connectivity index (χ1) is 17.6. The van der Waals surface area contributed by atoms with Crippen molar-refractivity contribution in [2.24, 2.45) is 5.92 Å². The van der Waals surface area contributed by atoms with Gasteiger partial charge in [-0.3, -0.25) is 9.36 Å². The van der Waals surface area contributed by atoms with Crippen LogP contribution in [-0.2, 0) is 4.79 Å². The number of rotatable bonds is 7. The zero-order valence-corrected chi connectivity index (χ0v) is 21.2. The minimum atomic E-state index is 0.0185. The Balaban J connectivity index is 1.13. The SMILES string of the molecule is COc1ccc(-n2c(C)nnc2SCC(=O)NCC2CC3c4ccccc4C2c2ccccc23)cc1. The smallest absolute Gasteiger partial charge is 0.230 e. The van der Waals surface area contributed by atoms with Crippen LogP contribution < -0.4 is 10.1 Å². The summed E-state index contributed by atoms with van der Waals surface area (Å²) in [5.74, 6) is 3.01. The van der Waals surface area contributed by atoms with Gasteiger partial charge in [-0.25, -0.2) is 0 Å². The number of carbonyl (C=O) groups excluding carboxylic acids is 1. The Hall–Kier alpha value is -3.58. The molecule has 0 aliphatic heterocycles. The van der Waals surface area contributed by atoms with E-state index in [1.165, 1.54) is 34.0 Å². The van der Waals surface area contributed by atoms with E-state index < -0.39 is 0 Å². The van der Waals surface area contributed by atoms with Gasteiger partial charge < -0.3 is 10.1 Å². The predicted octanol–water partition coefficient (Wildman–Crippen LogP) is 5.09. The Morgan fingerprint density at radius 3 is 2.25 bits per heavy atom. The minimum Gasteiger partial charge on any atom is -0.497 e. The zero-order valence-electron chi connectivity index (χ0n) is 20.3. The minimum absolute atomic E-state index is 0.0185. The number of nitrogens with zero attached hydrogens (tertiary/aromatic N) is 3. The second-order valence-corrected chi connectivity index (χ2v) is 10.4. The molecule has 0 radical (unpaired) electrons. The third-order valence-corrected chi connectivity index (χ3v) is 8.37. The molecule has 1 atom stereocenters. The van der Waals surface area contributed by atoms with Gasteiger partial charge in [0.1, 0.15) is 11.6 Å². The lowest BCUT2D eigenvalue weighted by molar-refractivity contribution is -0.118. The number of benzene rings is 3. The van der Waals surface area contributed by atoms with E-state index in [2.05, 4.69) is 64.0 Å². The fraction of sp³-hybridized carbons (Fsp3) is 0.276. The summed E-state index contributed by atoms with van der Waals surface area (Å²) >= 11 is 1.41. The summed E-state index contributed by atoms with van der Waals surface area (Å²) in [4.78, 5) is 12.9. The number of aryl methyl sites for hydroxylation is 1. The molecule has 6 nitrogen and oxygen atoms in total. The van der Waals surface area contributed by atoms with Crippen LogP contribution in [0.25, 0.3) is 5.69 Å². The topological polar surface area (TPSA) is 69.0 Å². The van der Waals surface area contributed by atoms with Crippen LogP contribution in [0.15, 0.2) is 78.0 Å². The second kappa shape index (κ2) is 9.47. The number of hydrogen-bond acceptors (Lipinski definition) is 5. The average molecular weight is 497 g/mol. The van der Waals surface area contributed by atoms with Crippen molar-refractivity contribution in [2.75, 3.05) is 19.4 Å². The van der Waals surface area contributed by atoms with E-state index in [1.54, 1.807) is 7.11 Å². The third-order valence-electron chi connectivity index (χ3n) is 7.44. The molecule has 3 aliphatic carbocycles. The van der Waals surface area contributed by atoms with E-state index in [-0.39, 0.29) is 5.91 Å². The molecule has 3 aromatic carbocycles. The van der Waals surface area contributed by atoms with E-state index in [0.29, 0.717) is 35.2 Å². The Morgan fingerprint density at radius 2 is 1.61 bits per heavy atom. The molecule has 0 fully saturated rings. The number of hydrogen-bond donors (Lipinski definition) is 1. The molecule has 2 bridgehead atoms. The third kappa shape index (κ3) is 3.97. The van der Waals surface area contributed by atoms with Gasteiger partial charge in [0.05, 0.1) is 12.9 Å². The summed E-state index contributed by atoms with van der Waals surface area (Å²) in [6.07, 6.45) is 1.07. The molecular formula is C29H28N4O2S. The number of fused-ring (bicyclic) bond motifs is 1. The Kier molecular flexibility index (Phi) is 6.01. The van der Waals surface area contributed by atoms with Gasteiger partial charge in [-0.1, -0.05) is 60.3 Å².